The van der Waals surface area contributed by atoms with Crippen LogP contribution in [0.4, 0.5) is 5.82 Å². The lowest BCUT2D eigenvalue weighted by Crippen LogP contribution is -2.14. The van der Waals surface area contributed by atoms with Crippen molar-refractivity contribution in [1.29, 1.82) is 0 Å². The number of aromatic nitrogens is 1. The SMILES string of the molecule is Cc1ccc(NS(=O)(=O)c2ccc(C(=O)O)c(Cl)c2)nc1. The Balaban J connectivity index is 2.33. The van der Waals surface area contributed by atoms with Crippen LogP contribution in [-0.4, -0.2) is 24.5 Å². The molecule has 8 heteroatoms. The van der Waals surface area contributed by atoms with E-state index in [4.69, 9.17) is 16.7 Å². The number of carboxylic acid groups (broad SMARTS) is 1. The zero-order valence-electron chi connectivity index (χ0n) is 10.9. The van der Waals surface area contributed by atoms with Gasteiger partial charge in [0.15, 0.2) is 0 Å². The highest BCUT2D eigenvalue weighted by Crippen LogP contribution is 2.22. The van der Waals surface area contributed by atoms with E-state index in [9.17, 15) is 13.2 Å². The predicted octanol–water partition coefficient (Wildman–Crippen LogP) is 2.54. The molecule has 0 bridgehead atoms. The number of carbonyl (C=O) groups is 1. The number of anilines is 1. The van der Waals surface area contributed by atoms with Gasteiger partial charge in [-0.05, 0) is 36.8 Å². The first kappa shape index (κ1) is 15.3. The van der Waals surface area contributed by atoms with Gasteiger partial charge in [-0.2, -0.15) is 0 Å². The van der Waals surface area contributed by atoms with E-state index in [1.165, 1.54) is 18.3 Å². The van der Waals surface area contributed by atoms with Crippen molar-refractivity contribution < 1.29 is 18.3 Å². The second-order valence-corrected chi connectivity index (χ2v) is 6.36. The monoisotopic (exact) mass is 326 g/mol. The van der Waals surface area contributed by atoms with E-state index in [1.807, 2.05) is 6.92 Å². The van der Waals surface area contributed by atoms with Gasteiger partial charge in [-0.3, -0.25) is 4.72 Å². The lowest BCUT2D eigenvalue weighted by molar-refractivity contribution is 0.0697. The topological polar surface area (TPSA) is 96.4 Å². The Morgan fingerprint density at radius 2 is 2.00 bits per heavy atom. The molecule has 0 radical (unpaired) electrons. The van der Waals surface area contributed by atoms with E-state index in [2.05, 4.69) is 9.71 Å². The minimum absolute atomic E-state index is 0.139. The first-order valence-corrected chi connectivity index (χ1v) is 7.64. The summed E-state index contributed by atoms with van der Waals surface area (Å²) in [5.41, 5.74) is 0.732. The van der Waals surface area contributed by atoms with E-state index in [0.717, 1.165) is 17.7 Å². The van der Waals surface area contributed by atoms with Crippen LogP contribution in [-0.2, 0) is 10.0 Å². The minimum atomic E-state index is -3.88. The molecule has 0 fully saturated rings. The molecule has 0 saturated carbocycles. The summed E-state index contributed by atoms with van der Waals surface area (Å²) in [7, 11) is -3.88. The van der Waals surface area contributed by atoms with Crippen molar-refractivity contribution in [1.82, 2.24) is 4.98 Å². The molecular weight excluding hydrogens is 316 g/mol. The van der Waals surface area contributed by atoms with Gasteiger partial charge in [0.2, 0.25) is 0 Å². The highest BCUT2D eigenvalue weighted by molar-refractivity contribution is 7.92. The van der Waals surface area contributed by atoms with E-state index < -0.39 is 16.0 Å². The van der Waals surface area contributed by atoms with Crippen LogP contribution in [0.25, 0.3) is 0 Å². The van der Waals surface area contributed by atoms with E-state index in [0.29, 0.717) is 0 Å². The van der Waals surface area contributed by atoms with Crippen LogP contribution in [0.2, 0.25) is 5.02 Å². The quantitative estimate of drug-likeness (QED) is 0.900. The molecule has 2 aromatic rings. The molecule has 0 saturated heterocycles. The first-order chi connectivity index (χ1) is 9.79. The number of rotatable bonds is 4. The Morgan fingerprint density at radius 1 is 1.29 bits per heavy atom. The molecule has 0 aliphatic rings. The Labute approximate surface area is 126 Å². The van der Waals surface area contributed by atoms with Crippen molar-refractivity contribution in [3.05, 3.63) is 52.7 Å². The number of aryl methyl sites for hydroxylation is 1. The molecule has 110 valence electrons. The number of nitrogens with zero attached hydrogens (tertiary/aromatic N) is 1. The third-order valence-electron chi connectivity index (χ3n) is 2.63. The standard InChI is InChI=1S/C13H11ClN2O4S/c1-8-2-5-12(15-7-8)16-21(19,20)9-3-4-10(13(17)18)11(14)6-9/h2-7H,1H3,(H,15,16)(H,17,18). The van der Waals surface area contributed by atoms with Gasteiger partial charge in [-0.25, -0.2) is 18.2 Å². The maximum atomic E-state index is 12.2. The maximum Gasteiger partial charge on any atom is 0.337 e. The third kappa shape index (κ3) is 3.50. The van der Waals surface area contributed by atoms with Crippen LogP contribution in [0.3, 0.4) is 0 Å². The average molecular weight is 327 g/mol. The van der Waals surface area contributed by atoms with Crippen LogP contribution < -0.4 is 4.72 Å². The second kappa shape index (κ2) is 5.71. The van der Waals surface area contributed by atoms with Crippen LogP contribution in [0, 0.1) is 6.92 Å². The molecule has 0 aliphatic carbocycles. The number of hydrogen-bond acceptors (Lipinski definition) is 4. The molecule has 1 aromatic heterocycles. The first-order valence-electron chi connectivity index (χ1n) is 5.78. The summed E-state index contributed by atoms with van der Waals surface area (Å²) >= 11 is 5.77. The molecule has 2 N–H and O–H groups in total. The summed E-state index contributed by atoms with van der Waals surface area (Å²) in [4.78, 5) is 14.6. The van der Waals surface area contributed by atoms with Gasteiger partial charge in [0, 0.05) is 6.20 Å². The molecule has 0 spiro atoms. The van der Waals surface area contributed by atoms with Crippen LogP contribution in [0.15, 0.2) is 41.4 Å². The number of aromatic carboxylic acids is 1. The van der Waals surface area contributed by atoms with Crippen molar-refractivity contribution in [2.45, 2.75) is 11.8 Å². The van der Waals surface area contributed by atoms with Crippen LogP contribution in [0.5, 0.6) is 0 Å². The van der Waals surface area contributed by atoms with Gasteiger partial charge in [-0.1, -0.05) is 17.7 Å². The number of pyridine rings is 1. The molecular formula is C13H11ClN2O4S. The summed E-state index contributed by atoms with van der Waals surface area (Å²) in [5.74, 6) is -1.06. The van der Waals surface area contributed by atoms with Gasteiger partial charge in [0.05, 0.1) is 15.5 Å². The summed E-state index contributed by atoms with van der Waals surface area (Å²) in [5, 5.41) is 8.71. The summed E-state index contributed by atoms with van der Waals surface area (Å²) in [6.07, 6.45) is 1.53. The van der Waals surface area contributed by atoms with E-state index >= 15 is 0 Å². The molecule has 0 atom stereocenters. The normalized spacial score (nSPS) is 11.1. The Hall–Kier alpha value is -2.12. The van der Waals surface area contributed by atoms with Gasteiger partial charge < -0.3 is 5.11 Å². The minimum Gasteiger partial charge on any atom is -0.478 e. The highest BCUT2D eigenvalue weighted by atomic mass is 35.5. The Bertz CT molecular complexity index is 788. The molecule has 21 heavy (non-hydrogen) atoms. The number of benzene rings is 1. The second-order valence-electron chi connectivity index (χ2n) is 4.27. The van der Waals surface area contributed by atoms with Crippen molar-refractivity contribution in [2.24, 2.45) is 0 Å². The van der Waals surface area contributed by atoms with Crippen molar-refractivity contribution >= 4 is 33.4 Å². The molecule has 0 amide bonds. The molecule has 2 rings (SSSR count). The van der Waals surface area contributed by atoms with E-state index in [-0.39, 0.29) is 21.3 Å². The van der Waals surface area contributed by atoms with Crippen molar-refractivity contribution in [3.63, 3.8) is 0 Å². The molecule has 0 unspecified atom stereocenters. The number of halogens is 1. The zero-order valence-corrected chi connectivity index (χ0v) is 12.4. The summed E-state index contributed by atoms with van der Waals surface area (Å²) in [6.45, 7) is 1.83. The van der Waals surface area contributed by atoms with Gasteiger partial charge in [0.25, 0.3) is 10.0 Å². The maximum absolute atomic E-state index is 12.2. The summed E-state index contributed by atoms with van der Waals surface area (Å²) < 4.78 is 26.6. The average Bonchev–Trinajstić information content (AvgIpc) is 2.40. The van der Waals surface area contributed by atoms with Crippen LogP contribution in [0.1, 0.15) is 15.9 Å². The largest absolute Gasteiger partial charge is 0.478 e. The fourth-order valence-electron chi connectivity index (χ4n) is 1.56. The zero-order chi connectivity index (χ0) is 15.6. The molecule has 1 aromatic carbocycles. The lowest BCUT2D eigenvalue weighted by atomic mass is 10.2. The fourth-order valence-corrected chi connectivity index (χ4v) is 2.92. The van der Waals surface area contributed by atoms with Crippen molar-refractivity contribution in [2.75, 3.05) is 4.72 Å². The number of hydrogen-bond donors (Lipinski definition) is 2. The van der Waals surface area contributed by atoms with Gasteiger partial charge in [-0.15, -0.1) is 0 Å². The molecule has 6 nitrogen and oxygen atoms in total. The van der Waals surface area contributed by atoms with Gasteiger partial charge >= 0.3 is 5.97 Å². The smallest absolute Gasteiger partial charge is 0.337 e. The third-order valence-corrected chi connectivity index (χ3v) is 4.30. The Kier molecular flexibility index (Phi) is 4.15. The predicted molar refractivity (Wildman–Crippen MR) is 78.2 cm³/mol. The van der Waals surface area contributed by atoms with Gasteiger partial charge in [0.1, 0.15) is 5.82 Å². The summed E-state index contributed by atoms with van der Waals surface area (Å²) in [6, 6.07) is 6.64. The number of carboxylic acids is 1. The fraction of sp³-hybridized carbons (Fsp3) is 0.0769. The Morgan fingerprint density at radius 3 is 2.52 bits per heavy atom. The van der Waals surface area contributed by atoms with Crippen molar-refractivity contribution in [3.8, 4) is 0 Å². The number of nitrogens with one attached hydrogen (secondary N) is 1. The lowest BCUT2D eigenvalue weighted by Gasteiger charge is -2.08. The van der Waals surface area contributed by atoms with Crippen LogP contribution >= 0.6 is 11.6 Å². The molecule has 0 aliphatic heterocycles. The number of sulfonamides is 1. The highest BCUT2D eigenvalue weighted by Gasteiger charge is 2.18. The molecule has 1 heterocycles. The van der Waals surface area contributed by atoms with E-state index in [1.54, 1.807) is 6.07 Å².